The summed E-state index contributed by atoms with van der Waals surface area (Å²) in [5.74, 6) is 0.00926. The molecule has 0 aliphatic rings. The maximum absolute atomic E-state index is 11.6. The molecule has 0 aliphatic carbocycles. The molecular weight excluding hydrogens is 208 g/mol. The van der Waals surface area contributed by atoms with Crippen molar-refractivity contribution in [2.75, 3.05) is 5.73 Å². The first-order valence-corrected chi connectivity index (χ1v) is 4.59. The Hall–Kier alpha value is -2.44. The van der Waals surface area contributed by atoms with Crippen LogP contribution in [-0.4, -0.2) is 26.1 Å². The number of aromatic amines is 1. The molecule has 0 unspecified atom stereocenters. The van der Waals surface area contributed by atoms with E-state index in [1.165, 1.54) is 12.4 Å². The number of anilines is 1. The minimum Gasteiger partial charge on any atom is -0.382 e. The largest absolute Gasteiger partial charge is 0.382 e. The number of rotatable bonds is 3. The highest BCUT2D eigenvalue weighted by Gasteiger charge is 2.07. The Labute approximate surface area is 91.1 Å². The zero-order valence-electron chi connectivity index (χ0n) is 8.34. The lowest BCUT2D eigenvalue weighted by molar-refractivity contribution is 0.0945. The van der Waals surface area contributed by atoms with Crippen LogP contribution in [0.2, 0.25) is 0 Å². The summed E-state index contributed by atoms with van der Waals surface area (Å²) in [4.78, 5) is 19.3. The lowest BCUT2D eigenvalue weighted by Gasteiger charge is -2.01. The second-order valence-corrected chi connectivity index (χ2v) is 3.09. The molecule has 2 rings (SSSR count). The van der Waals surface area contributed by atoms with E-state index in [9.17, 15) is 4.79 Å². The summed E-state index contributed by atoms with van der Waals surface area (Å²) >= 11 is 0. The summed E-state index contributed by atoms with van der Waals surface area (Å²) in [6, 6.07) is 3.19. The average Bonchev–Trinajstić information content (AvgIpc) is 2.74. The second-order valence-electron chi connectivity index (χ2n) is 3.09. The fourth-order valence-electron chi connectivity index (χ4n) is 1.14. The molecule has 7 heteroatoms. The molecule has 0 saturated carbocycles. The van der Waals surface area contributed by atoms with Crippen LogP contribution in [0.4, 0.5) is 5.82 Å². The normalized spacial score (nSPS) is 10.0. The van der Waals surface area contributed by atoms with E-state index in [1.807, 2.05) is 0 Å². The highest BCUT2D eigenvalue weighted by atomic mass is 16.1. The molecular formula is C9H10N6O. The van der Waals surface area contributed by atoms with Gasteiger partial charge in [-0.05, 0) is 6.07 Å². The molecule has 0 spiro atoms. The molecule has 2 aromatic rings. The average molecular weight is 218 g/mol. The summed E-state index contributed by atoms with van der Waals surface area (Å²) in [5, 5.41) is 8.85. The minimum atomic E-state index is -0.275. The van der Waals surface area contributed by atoms with Gasteiger partial charge in [0.15, 0.2) is 0 Å². The Bertz CT molecular complexity index is 480. The van der Waals surface area contributed by atoms with Crippen molar-refractivity contribution in [1.29, 1.82) is 0 Å². The van der Waals surface area contributed by atoms with Crippen LogP contribution in [0, 0.1) is 0 Å². The van der Waals surface area contributed by atoms with Crippen molar-refractivity contribution < 1.29 is 4.79 Å². The molecule has 1 amide bonds. The number of nitrogens with two attached hydrogens (primary N) is 1. The third-order valence-corrected chi connectivity index (χ3v) is 1.92. The first-order chi connectivity index (χ1) is 7.75. The maximum atomic E-state index is 11.6. The number of amides is 1. The van der Waals surface area contributed by atoms with Gasteiger partial charge in [0.25, 0.3) is 5.91 Å². The molecule has 0 saturated heterocycles. The lowest BCUT2D eigenvalue weighted by atomic mass is 10.3. The number of hydrogen-bond donors (Lipinski definition) is 3. The SMILES string of the molecule is Nc1cc(C(=O)NCc2ccncn2)[nH]n1. The van der Waals surface area contributed by atoms with Gasteiger partial charge < -0.3 is 11.1 Å². The van der Waals surface area contributed by atoms with Gasteiger partial charge in [-0.2, -0.15) is 5.10 Å². The number of nitrogens with zero attached hydrogens (tertiary/aromatic N) is 3. The Morgan fingerprint density at radius 3 is 3.06 bits per heavy atom. The molecule has 2 aromatic heterocycles. The van der Waals surface area contributed by atoms with Crippen LogP contribution in [0.25, 0.3) is 0 Å². The van der Waals surface area contributed by atoms with Gasteiger partial charge in [-0.3, -0.25) is 9.89 Å². The van der Waals surface area contributed by atoms with Crippen molar-refractivity contribution in [2.45, 2.75) is 6.54 Å². The van der Waals surface area contributed by atoms with E-state index < -0.39 is 0 Å². The number of nitrogen functional groups attached to an aromatic ring is 1. The molecule has 7 nitrogen and oxygen atoms in total. The molecule has 0 fully saturated rings. The van der Waals surface area contributed by atoms with Gasteiger partial charge in [0, 0.05) is 12.3 Å². The third kappa shape index (κ3) is 2.32. The predicted molar refractivity (Wildman–Crippen MR) is 56.2 cm³/mol. The van der Waals surface area contributed by atoms with E-state index in [-0.39, 0.29) is 11.7 Å². The molecule has 82 valence electrons. The first-order valence-electron chi connectivity index (χ1n) is 4.59. The maximum Gasteiger partial charge on any atom is 0.269 e. The van der Waals surface area contributed by atoms with Crippen LogP contribution >= 0.6 is 0 Å². The van der Waals surface area contributed by atoms with Crippen molar-refractivity contribution >= 4 is 11.7 Å². The molecule has 0 bridgehead atoms. The molecule has 4 N–H and O–H groups in total. The highest BCUT2D eigenvalue weighted by Crippen LogP contribution is 2.00. The fourth-order valence-corrected chi connectivity index (χ4v) is 1.14. The number of hydrogen-bond acceptors (Lipinski definition) is 5. The Morgan fingerprint density at radius 2 is 2.44 bits per heavy atom. The van der Waals surface area contributed by atoms with E-state index in [2.05, 4.69) is 25.5 Å². The van der Waals surface area contributed by atoms with Crippen LogP contribution in [0.3, 0.4) is 0 Å². The smallest absolute Gasteiger partial charge is 0.269 e. The van der Waals surface area contributed by atoms with Crippen LogP contribution in [-0.2, 0) is 6.54 Å². The van der Waals surface area contributed by atoms with Crippen molar-refractivity contribution in [2.24, 2.45) is 0 Å². The van der Waals surface area contributed by atoms with Gasteiger partial charge in [0.2, 0.25) is 0 Å². The Kier molecular flexibility index (Phi) is 2.77. The van der Waals surface area contributed by atoms with Gasteiger partial charge in [-0.1, -0.05) is 0 Å². The molecule has 0 radical (unpaired) electrons. The predicted octanol–water partition coefficient (Wildman–Crippen LogP) is -0.288. The fraction of sp³-hybridized carbons (Fsp3) is 0.111. The number of aromatic nitrogens is 4. The van der Waals surface area contributed by atoms with Gasteiger partial charge in [0.05, 0.1) is 12.2 Å². The summed E-state index contributed by atoms with van der Waals surface area (Å²) in [5.41, 5.74) is 6.44. The Morgan fingerprint density at radius 1 is 1.56 bits per heavy atom. The summed E-state index contributed by atoms with van der Waals surface area (Å²) in [6.45, 7) is 0.334. The van der Waals surface area contributed by atoms with Crippen molar-refractivity contribution in [3.63, 3.8) is 0 Å². The first kappa shape index (κ1) is 10.1. The van der Waals surface area contributed by atoms with Gasteiger partial charge in [-0.15, -0.1) is 0 Å². The minimum absolute atomic E-state index is 0.275. The van der Waals surface area contributed by atoms with E-state index in [0.717, 1.165) is 5.69 Å². The van der Waals surface area contributed by atoms with Crippen molar-refractivity contribution in [3.8, 4) is 0 Å². The zero-order chi connectivity index (χ0) is 11.4. The number of H-pyrrole nitrogens is 1. The number of carbonyl (C=O) groups excluding carboxylic acids is 1. The quantitative estimate of drug-likeness (QED) is 0.655. The third-order valence-electron chi connectivity index (χ3n) is 1.92. The molecule has 0 aromatic carbocycles. The molecule has 0 aliphatic heterocycles. The molecule has 0 atom stereocenters. The van der Waals surface area contributed by atoms with Crippen LogP contribution in [0.5, 0.6) is 0 Å². The summed E-state index contributed by atoms with van der Waals surface area (Å²) in [6.07, 6.45) is 3.04. The van der Waals surface area contributed by atoms with Crippen LogP contribution < -0.4 is 11.1 Å². The summed E-state index contributed by atoms with van der Waals surface area (Å²) < 4.78 is 0. The monoisotopic (exact) mass is 218 g/mol. The standard InChI is InChI=1S/C9H10N6O/c10-8-3-7(14-15-8)9(16)12-4-6-1-2-11-5-13-6/h1-3,5H,4H2,(H,12,16)(H3,10,14,15). The lowest BCUT2D eigenvalue weighted by Crippen LogP contribution is -2.23. The highest BCUT2D eigenvalue weighted by molar-refractivity contribution is 5.92. The van der Waals surface area contributed by atoms with E-state index >= 15 is 0 Å². The van der Waals surface area contributed by atoms with Crippen molar-refractivity contribution in [3.05, 3.63) is 36.0 Å². The molecule has 2 heterocycles. The summed E-state index contributed by atoms with van der Waals surface area (Å²) in [7, 11) is 0. The number of carbonyl (C=O) groups is 1. The number of nitrogens with one attached hydrogen (secondary N) is 2. The zero-order valence-corrected chi connectivity index (χ0v) is 8.34. The van der Waals surface area contributed by atoms with E-state index in [0.29, 0.717) is 12.2 Å². The topological polar surface area (TPSA) is 110 Å². The van der Waals surface area contributed by atoms with E-state index in [1.54, 1.807) is 12.3 Å². The van der Waals surface area contributed by atoms with E-state index in [4.69, 9.17) is 5.73 Å². The van der Waals surface area contributed by atoms with Gasteiger partial charge in [0.1, 0.15) is 17.8 Å². The van der Waals surface area contributed by atoms with Gasteiger partial charge >= 0.3 is 0 Å². The van der Waals surface area contributed by atoms with Crippen LogP contribution in [0.15, 0.2) is 24.7 Å². The van der Waals surface area contributed by atoms with Crippen molar-refractivity contribution in [1.82, 2.24) is 25.5 Å². The Balaban J connectivity index is 1.94. The van der Waals surface area contributed by atoms with Crippen LogP contribution in [0.1, 0.15) is 16.2 Å². The second kappa shape index (κ2) is 4.39. The van der Waals surface area contributed by atoms with Gasteiger partial charge in [-0.25, -0.2) is 9.97 Å². The molecule has 16 heavy (non-hydrogen) atoms.